The van der Waals surface area contributed by atoms with Crippen LogP contribution in [0.5, 0.6) is 11.5 Å². The first-order valence-corrected chi connectivity index (χ1v) is 9.16. The first kappa shape index (κ1) is 20.6. The average Bonchev–Trinajstić information content (AvgIpc) is 2.68. The number of benzene rings is 2. The van der Waals surface area contributed by atoms with Gasteiger partial charge in [-0.1, -0.05) is 17.7 Å². The molecule has 0 aliphatic rings. The molecule has 0 radical (unpaired) electrons. The molecule has 144 valence electrons. The lowest BCUT2D eigenvalue weighted by Crippen LogP contribution is -2.24. The number of nitrogens with one attached hydrogen (secondary N) is 1. The van der Waals surface area contributed by atoms with Crippen molar-refractivity contribution in [2.45, 2.75) is 24.0 Å². The van der Waals surface area contributed by atoms with E-state index in [2.05, 4.69) is 5.32 Å². The fraction of sp³-hybridized carbons (Fsp3) is 0.300. The summed E-state index contributed by atoms with van der Waals surface area (Å²) in [5.41, 5.74) is 1.65. The van der Waals surface area contributed by atoms with Gasteiger partial charge in [0, 0.05) is 17.0 Å². The Balaban J connectivity index is 2.24. The molecule has 6 nitrogen and oxygen atoms in total. The molecular weight excluding hydrogens is 366 g/mol. The fourth-order valence-corrected chi connectivity index (χ4v) is 3.24. The van der Waals surface area contributed by atoms with Gasteiger partial charge in [-0.05, 0) is 26.0 Å². The van der Waals surface area contributed by atoms with Crippen LogP contribution in [0.2, 0.25) is 0 Å². The van der Waals surface area contributed by atoms with Crippen LogP contribution in [0.4, 0.5) is 5.69 Å². The highest BCUT2D eigenvalue weighted by Gasteiger charge is 2.21. The number of amides is 1. The van der Waals surface area contributed by atoms with Crippen LogP contribution >= 0.6 is 11.8 Å². The normalized spacial score (nSPS) is 11.4. The summed E-state index contributed by atoms with van der Waals surface area (Å²) in [7, 11) is 4.23. The average molecular weight is 389 g/mol. The number of carbonyl (C=O) groups is 2. The number of esters is 1. The van der Waals surface area contributed by atoms with Crippen molar-refractivity contribution in [2.24, 2.45) is 0 Å². The molecule has 0 heterocycles. The van der Waals surface area contributed by atoms with E-state index in [-0.39, 0.29) is 16.7 Å². The number of hydrogen-bond donors (Lipinski definition) is 1. The third kappa shape index (κ3) is 5.17. The van der Waals surface area contributed by atoms with Crippen molar-refractivity contribution in [3.63, 3.8) is 0 Å². The molecule has 0 bridgehead atoms. The lowest BCUT2D eigenvalue weighted by Gasteiger charge is -2.16. The van der Waals surface area contributed by atoms with Gasteiger partial charge in [0.2, 0.25) is 5.91 Å². The summed E-state index contributed by atoms with van der Waals surface area (Å²) in [4.78, 5) is 25.7. The minimum absolute atomic E-state index is 0.191. The smallest absolute Gasteiger partial charge is 0.340 e. The topological polar surface area (TPSA) is 73.9 Å². The number of aryl methyl sites for hydroxylation is 1. The molecule has 0 saturated carbocycles. The van der Waals surface area contributed by atoms with Crippen LogP contribution in [0, 0.1) is 6.92 Å². The Kier molecular flexibility index (Phi) is 7.12. The van der Waals surface area contributed by atoms with Crippen LogP contribution in [0.25, 0.3) is 0 Å². The zero-order valence-electron chi connectivity index (χ0n) is 16.0. The summed E-state index contributed by atoms with van der Waals surface area (Å²) in [5, 5.41) is 2.42. The van der Waals surface area contributed by atoms with Crippen molar-refractivity contribution < 1.29 is 23.8 Å². The molecule has 1 atom stereocenters. The van der Waals surface area contributed by atoms with Gasteiger partial charge < -0.3 is 19.5 Å². The highest BCUT2D eigenvalue weighted by Crippen LogP contribution is 2.34. The molecule has 0 aliphatic carbocycles. The van der Waals surface area contributed by atoms with E-state index in [1.165, 1.54) is 39.2 Å². The van der Waals surface area contributed by atoms with Crippen LogP contribution in [-0.4, -0.2) is 38.5 Å². The second kappa shape index (κ2) is 9.32. The number of rotatable bonds is 7. The Morgan fingerprint density at radius 1 is 1.00 bits per heavy atom. The van der Waals surface area contributed by atoms with E-state index in [9.17, 15) is 9.59 Å². The molecular formula is C20H23NO5S. The molecule has 2 aromatic rings. The molecule has 0 aromatic heterocycles. The Bertz CT molecular complexity index is 820. The fourth-order valence-electron chi connectivity index (χ4n) is 2.37. The van der Waals surface area contributed by atoms with Crippen LogP contribution < -0.4 is 14.8 Å². The van der Waals surface area contributed by atoms with Gasteiger partial charge >= 0.3 is 5.97 Å². The van der Waals surface area contributed by atoms with Gasteiger partial charge in [-0.3, -0.25) is 4.79 Å². The van der Waals surface area contributed by atoms with Crippen molar-refractivity contribution in [1.29, 1.82) is 0 Å². The summed E-state index contributed by atoms with van der Waals surface area (Å²) < 4.78 is 15.3. The van der Waals surface area contributed by atoms with E-state index in [1.54, 1.807) is 13.0 Å². The van der Waals surface area contributed by atoms with Crippen molar-refractivity contribution in [3.05, 3.63) is 47.5 Å². The third-order valence-corrected chi connectivity index (χ3v) is 5.00. The van der Waals surface area contributed by atoms with Gasteiger partial charge in [0.1, 0.15) is 0 Å². The quantitative estimate of drug-likeness (QED) is 0.572. The van der Waals surface area contributed by atoms with Gasteiger partial charge in [-0.2, -0.15) is 0 Å². The van der Waals surface area contributed by atoms with Gasteiger partial charge in [-0.15, -0.1) is 11.8 Å². The predicted octanol–water partition coefficient (Wildman–Crippen LogP) is 3.92. The standard InChI is InChI=1S/C20H23NO5S/c1-12-6-8-14(9-7-12)27-13(2)19(22)21-16-11-18(25-4)17(24-3)10-15(16)20(23)26-5/h6-11,13H,1-5H3,(H,21,22)/t13-/m0/s1. The monoisotopic (exact) mass is 389 g/mol. The Hall–Kier alpha value is -2.67. The largest absolute Gasteiger partial charge is 0.493 e. The minimum Gasteiger partial charge on any atom is -0.493 e. The summed E-state index contributed by atoms with van der Waals surface area (Å²) in [6.45, 7) is 3.81. The number of carbonyl (C=O) groups excluding carboxylic acids is 2. The van der Waals surface area contributed by atoms with Crippen molar-refractivity contribution in [1.82, 2.24) is 0 Å². The highest BCUT2D eigenvalue weighted by atomic mass is 32.2. The summed E-state index contributed by atoms with van der Waals surface area (Å²) in [6, 6.07) is 11.0. The molecule has 2 rings (SSSR count). The van der Waals surface area contributed by atoms with Gasteiger partial charge in [0.25, 0.3) is 0 Å². The van der Waals surface area contributed by atoms with Crippen molar-refractivity contribution >= 4 is 29.3 Å². The number of thioether (sulfide) groups is 1. The van der Waals surface area contributed by atoms with E-state index in [4.69, 9.17) is 14.2 Å². The van der Waals surface area contributed by atoms with E-state index in [0.29, 0.717) is 17.2 Å². The molecule has 0 aliphatic heterocycles. The Morgan fingerprint density at radius 3 is 2.15 bits per heavy atom. The van der Waals surface area contributed by atoms with Gasteiger partial charge in [0.05, 0.1) is 37.8 Å². The van der Waals surface area contributed by atoms with E-state index >= 15 is 0 Å². The summed E-state index contributed by atoms with van der Waals surface area (Å²) >= 11 is 1.43. The summed E-state index contributed by atoms with van der Waals surface area (Å²) in [5.74, 6) is -0.0414. The van der Waals surface area contributed by atoms with E-state index in [1.807, 2.05) is 31.2 Å². The molecule has 7 heteroatoms. The first-order valence-electron chi connectivity index (χ1n) is 8.28. The molecule has 2 aromatic carbocycles. The van der Waals surface area contributed by atoms with Crippen molar-refractivity contribution in [2.75, 3.05) is 26.6 Å². The molecule has 0 spiro atoms. The van der Waals surface area contributed by atoms with Crippen molar-refractivity contribution in [3.8, 4) is 11.5 Å². The first-order chi connectivity index (χ1) is 12.9. The number of hydrogen-bond acceptors (Lipinski definition) is 6. The molecule has 0 fully saturated rings. The third-order valence-electron chi connectivity index (χ3n) is 3.89. The SMILES string of the molecule is COC(=O)c1cc(OC)c(OC)cc1NC(=O)[C@H](C)Sc1ccc(C)cc1. The number of ether oxygens (including phenoxy) is 3. The maximum atomic E-state index is 12.6. The second-order valence-corrected chi connectivity index (χ2v) is 7.22. The lowest BCUT2D eigenvalue weighted by atomic mass is 10.1. The van der Waals surface area contributed by atoms with Gasteiger partial charge in [-0.25, -0.2) is 4.79 Å². The molecule has 1 amide bonds. The van der Waals surface area contributed by atoms with Gasteiger partial charge in [0.15, 0.2) is 11.5 Å². The lowest BCUT2D eigenvalue weighted by molar-refractivity contribution is -0.115. The molecule has 0 unspecified atom stereocenters. The molecule has 27 heavy (non-hydrogen) atoms. The van der Waals surface area contributed by atoms with E-state index in [0.717, 1.165) is 10.5 Å². The highest BCUT2D eigenvalue weighted by molar-refractivity contribution is 8.00. The van der Waals surface area contributed by atoms with Crippen LogP contribution in [0.15, 0.2) is 41.3 Å². The minimum atomic E-state index is -0.579. The maximum absolute atomic E-state index is 12.6. The predicted molar refractivity (Wildman–Crippen MR) is 106 cm³/mol. The van der Waals surface area contributed by atoms with Crippen LogP contribution in [0.3, 0.4) is 0 Å². The molecule has 0 saturated heterocycles. The Morgan fingerprint density at radius 2 is 1.59 bits per heavy atom. The van der Waals surface area contributed by atoms with E-state index < -0.39 is 5.97 Å². The number of anilines is 1. The maximum Gasteiger partial charge on any atom is 0.340 e. The second-order valence-electron chi connectivity index (χ2n) is 5.81. The zero-order chi connectivity index (χ0) is 20.0. The summed E-state index contributed by atoms with van der Waals surface area (Å²) in [6.07, 6.45) is 0. The zero-order valence-corrected chi connectivity index (χ0v) is 16.8. The van der Waals surface area contributed by atoms with Crippen LogP contribution in [-0.2, 0) is 9.53 Å². The molecule has 1 N–H and O–H groups in total. The van der Waals surface area contributed by atoms with Crippen LogP contribution in [0.1, 0.15) is 22.8 Å². The Labute approximate surface area is 163 Å². The number of methoxy groups -OCH3 is 3.